The molecule has 1 nitrogen and oxygen atoms in total. The molecule has 1 radical (unpaired) electrons. The molecule has 5 aromatic rings. The molecule has 0 aliphatic heterocycles. The first-order valence-corrected chi connectivity index (χ1v) is 13.7. The van der Waals surface area contributed by atoms with Crippen LogP contribution in [0.1, 0.15) is 76.7 Å². The van der Waals surface area contributed by atoms with Crippen molar-refractivity contribution < 1.29 is 32.7 Å². The molecule has 0 unspecified atom stereocenters. The molecule has 0 fully saturated rings. The number of benzene rings is 4. The second-order valence-electron chi connectivity index (χ2n) is 6.15. The molecule has 0 N–H and O–H groups in total. The Balaban J connectivity index is -0.000000222. The summed E-state index contributed by atoms with van der Waals surface area (Å²) in [5.41, 5.74) is 4.79. The van der Waals surface area contributed by atoms with Gasteiger partial charge >= 0.3 is 0 Å². The standard InChI is InChI=1S/C13H11N.C12H8.5C2H6.CH4.Y/c1-14-12-8-4-2-6-10(12)11-7-3-5-9-13(11)14;1-3-7-11(8-4-1)12-9-5-2-6-10-12;5*1-2;;/h2-9H,1H3;1-7,9H;5*1-2H3;1H4;/q;-2;;;;;;;. The molecule has 0 aliphatic rings. The molecule has 207 valence electrons. The summed E-state index contributed by atoms with van der Waals surface area (Å²) in [7, 11) is 2.12. The predicted molar refractivity (Wildman–Crippen MR) is 173 cm³/mol. The summed E-state index contributed by atoms with van der Waals surface area (Å²) >= 11 is 0. The molecule has 5 rings (SSSR count). The Hall–Kier alpha value is -2.22. The van der Waals surface area contributed by atoms with E-state index in [1.165, 1.54) is 21.8 Å². The maximum Gasteiger partial charge on any atom is 0.0488 e. The molecule has 0 saturated heterocycles. The van der Waals surface area contributed by atoms with E-state index >= 15 is 0 Å². The van der Waals surface area contributed by atoms with Crippen molar-refractivity contribution in [2.45, 2.75) is 76.7 Å². The van der Waals surface area contributed by atoms with Crippen LogP contribution in [-0.2, 0) is 39.8 Å². The van der Waals surface area contributed by atoms with E-state index in [-0.39, 0.29) is 40.1 Å². The van der Waals surface area contributed by atoms with E-state index in [9.17, 15) is 0 Å². The van der Waals surface area contributed by atoms with Crippen molar-refractivity contribution in [1.29, 1.82) is 0 Å². The van der Waals surface area contributed by atoms with Gasteiger partial charge in [0.2, 0.25) is 0 Å². The summed E-state index contributed by atoms with van der Waals surface area (Å²) in [6, 6.07) is 39.2. The number of nitrogens with zero attached hydrogens (tertiary/aromatic N) is 1. The third kappa shape index (κ3) is 13.5. The van der Waals surface area contributed by atoms with Gasteiger partial charge in [-0.25, -0.2) is 11.1 Å². The number of aryl methyl sites for hydroxylation is 1. The molecule has 0 atom stereocenters. The Morgan fingerprint density at radius 1 is 0.447 bits per heavy atom. The van der Waals surface area contributed by atoms with Crippen molar-refractivity contribution in [3.05, 3.63) is 109 Å². The van der Waals surface area contributed by atoms with Crippen LogP contribution in [0.15, 0.2) is 97.1 Å². The maximum absolute atomic E-state index is 3.15. The van der Waals surface area contributed by atoms with Crippen LogP contribution in [0.4, 0.5) is 0 Å². The van der Waals surface area contributed by atoms with Gasteiger partial charge in [0.15, 0.2) is 0 Å². The molecule has 38 heavy (non-hydrogen) atoms. The number of fused-ring (bicyclic) bond motifs is 3. The molecule has 1 aromatic heterocycles. The van der Waals surface area contributed by atoms with E-state index in [1.807, 2.05) is 118 Å². The normalized spacial score (nSPS) is 7.97. The molecule has 1 heterocycles. The first kappa shape index (κ1) is 42.9. The number of para-hydroxylation sites is 2. The van der Waals surface area contributed by atoms with Crippen molar-refractivity contribution in [3.8, 4) is 11.1 Å². The van der Waals surface area contributed by atoms with Gasteiger partial charge in [0.25, 0.3) is 0 Å². The van der Waals surface area contributed by atoms with E-state index < -0.39 is 0 Å². The van der Waals surface area contributed by atoms with Gasteiger partial charge in [0.1, 0.15) is 0 Å². The zero-order valence-corrected chi connectivity index (χ0v) is 28.1. The second-order valence-corrected chi connectivity index (χ2v) is 6.15. The van der Waals surface area contributed by atoms with Gasteiger partial charge in [-0.3, -0.25) is 0 Å². The Kier molecular flexibility index (Phi) is 33.1. The van der Waals surface area contributed by atoms with Crippen LogP contribution in [0.5, 0.6) is 0 Å². The average molecular weight is 589 g/mol. The van der Waals surface area contributed by atoms with E-state index in [0.29, 0.717) is 0 Å². The van der Waals surface area contributed by atoms with Gasteiger partial charge in [-0.05, 0) is 12.1 Å². The third-order valence-corrected chi connectivity index (χ3v) is 4.53. The largest absolute Gasteiger partial charge is 0.344 e. The topological polar surface area (TPSA) is 4.93 Å². The molecular weight excluding hydrogens is 535 g/mol. The summed E-state index contributed by atoms with van der Waals surface area (Å²) in [5, 5.41) is 2.68. The Labute approximate surface area is 261 Å². The van der Waals surface area contributed by atoms with Gasteiger partial charge in [-0.15, -0.1) is 12.1 Å². The minimum atomic E-state index is 0. The number of hydrogen-bond donors (Lipinski definition) is 0. The Bertz CT molecular complexity index is 1040. The van der Waals surface area contributed by atoms with Gasteiger partial charge in [0.05, 0.1) is 0 Å². The van der Waals surface area contributed by atoms with Gasteiger partial charge in [0, 0.05) is 61.6 Å². The monoisotopic (exact) mass is 588 g/mol. The Morgan fingerprint density at radius 2 is 0.737 bits per heavy atom. The van der Waals surface area contributed by atoms with Crippen LogP contribution in [0.2, 0.25) is 0 Å². The third-order valence-electron chi connectivity index (χ3n) is 4.53. The van der Waals surface area contributed by atoms with Crippen molar-refractivity contribution in [2.75, 3.05) is 0 Å². The zero-order valence-electron chi connectivity index (χ0n) is 25.3. The van der Waals surface area contributed by atoms with E-state index in [1.54, 1.807) is 0 Å². The molecule has 0 saturated carbocycles. The minimum Gasteiger partial charge on any atom is -0.344 e. The van der Waals surface area contributed by atoms with Crippen LogP contribution in [-0.4, -0.2) is 4.57 Å². The van der Waals surface area contributed by atoms with E-state index in [2.05, 4.69) is 72.3 Å². The van der Waals surface area contributed by atoms with Gasteiger partial charge in [-0.2, -0.15) is 48.5 Å². The zero-order chi connectivity index (χ0) is 27.8. The average Bonchev–Trinajstić information content (AvgIpc) is 3.31. The summed E-state index contributed by atoms with van der Waals surface area (Å²) < 4.78 is 2.24. The van der Waals surface area contributed by atoms with Gasteiger partial charge in [-0.1, -0.05) is 113 Å². The van der Waals surface area contributed by atoms with Crippen LogP contribution >= 0.6 is 0 Å². The summed E-state index contributed by atoms with van der Waals surface area (Å²) in [6.45, 7) is 20.0. The fourth-order valence-corrected chi connectivity index (χ4v) is 3.24. The van der Waals surface area contributed by atoms with Crippen LogP contribution in [0.25, 0.3) is 32.9 Å². The first-order chi connectivity index (χ1) is 17.8. The SMILES string of the molecule is C.CC.CC.CC.CC.CC.Cn1c2ccccc2c2ccccc21.[Y].[c-]1ccccc1-c1[c-]cccc1. The first-order valence-electron chi connectivity index (χ1n) is 13.7. The summed E-state index contributed by atoms with van der Waals surface area (Å²) in [5.74, 6) is 0. The van der Waals surface area contributed by atoms with Crippen LogP contribution in [0.3, 0.4) is 0 Å². The van der Waals surface area contributed by atoms with Gasteiger partial charge < -0.3 is 4.57 Å². The fourth-order valence-electron chi connectivity index (χ4n) is 3.24. The smallest absolute Gasteiger partial charge is 0.0488 e. The quantitative estimate of drug-likeness (QED) is 0.172. The molecule has 0 bridgehead atoms. The minimum absolute atomic E-state index is 0. The molecule has 0 amide bonds. The van der Waals surface area contributed by atoms with Crippen molar-refractivity contribution in [3.63, 3.8) is 0 Å². The fraction of sp³-hybridized carbons (Fsp3) is 0.333. The van der Waals surface area contributed by atoms with Crippen LogP contribution in [0, 0.1) is 12.1 Å². The van der Waals surface area contributed by atoms with Crippen molar-refractivity contribution in [2.24, 2.45) is 7.05 Å². The second kappa shape index (κ2) is 29.3. The summed E-state index contributed by atoms with van der Waals surface area (Å²) in [4.78, 5) is 0. The Morgan fingerprint density at radius 3 is 1.03 bits per heavy atom. The molecule has 0 aliphatic carbocycles. The number of rotatable bonds is 1. The number of hydrogen-bond acceptors (Lipinski definition) is 0. The van der Waals surface area contributed by atoms with Crippen LogP contribution < -0.4 is 0 Å². The molecule has 4 aromatic carbocycles. The van der Waals surface area contributed by atoms with E-state index in [0.717, 1.165) is 11.1 Å². The van der Waals surface area contributed by atoms with Crippen molar-refractivity contribution >= 4 is 21.8 Å². The molecule has 0 spiro atoms. The predicted octanol–water partition coefficient (Wildman–Crippen LogP) is 12.1. The number of aromatic nitrogens is 1. The van der Waals surface area contributed by atoms with Crippen molar-refractivity contribution in [1.82, 2.24) is 4.57 Å². The molecular formula is C36H53NY-2. The molecule has 2 heteroatoms. The van der Waals surface area contributed by atoms with E-state index in [4.69, 9.17) is 0 Å². The summed E-state index contributed by atoms with van der Waals surface area (Å²) in [6.07, 6.45) is 0. The maximum atomic E-state index is 3.15.